The highest BCUT2D eigenvalue weighted by Crippen LogP contribution is 2.22. The molecule has 0 fully saturated rings. The molecule has 0 aliphatic carbocycles. The Hall–Kier alpha value is -4.01. The molecule has 9 nitrogen and oxygen atoms in total. The molecule has 0 unspecified atom stereocenters. The number of aromatic nitrogens is 6. The number of benzene rings is 2. The van der Waals surface area contributed by atoms with Gasteiger partial charge in [0.2, 0.25) is 0 Å². The predicted octanol–water partition coefficient (Wildman–Crippen LogP) is 1.99. The van der Waals surface area contributed by atoms with Gasteiger partial charge in [-0.15, -0.1) is 5.10 Å². The van der Waals surface area contributed by atoms with Gasteiger partial charge in [-0.25, -0.2) is 0 Å². The van der Waals surface area contributed by atoms with Gasteiger partial charge in [-0.05, 0) is 40.8 Å². The molecule has 0 saturated carbocycles. The van der Waals surface area contributed by atoms with Crippen LogP contribution in [0.25, 0.3) is 16.9 Å². The number of hydrogen-bond donors (Lipinski definition) is 2. The molecule has 2 aromatic heterocycles. The van der Waals surface area contributed by atoms with Crippen LogP contribution in [-0.2, 0) is 6.54 Å². The van der Waals surface area contributed by atoms with Gasteiger partial charge in [-0.1, -0.05) is 30.3 Å². The van der Waals surface area contributed by atoms with Crippen molar-refractivity contribution in [1.29, 1.82) is 0 Å². The zero-order chi connectivity index (χ0) is 19.3. The maximum Gasteiger partial charge on any atom is 0.269 e. The fourth-order valence-corrected chi connectivity index (χ4v) is 2.71. The summed E-state index contributed by atoms with van der Waals surface area (Å²) in [4.78, 5) is 12.5. The van der Waals surface area contributed by atoms with Crippen molar-refractivity contribution in [3.63, 3.8) is 0 Å². The third-order valence-electron chi connectivity index (χ3n) is 4.13. The van der Waals surface area contributed by atoms with Gasteiger partial charge in [0.1, 0.15) is 11.4 Å². The van der Waals surface area contributed by atoms with Crippen molar-refractivity contribution in [3.8, 4) is 22.7 Å². The monoisotopic (exact) mass is 375 g/mol. The number of rotatable bonds is 6. The minimum Gasteiger partial charge on any atom is -0.497 e. The molecule has 0 aliphatic heterocycles. The van der Waals surface area contributed by atoms with Gasteiger partial charge in [0.05, 0.1) is 25.0 Å². The van der Waals surface area contributed by atoms with Crippen LogP contribution in [0.2, 0.25) is 0 Å². The molecule has 0 saturated heterocycles. The molecule has 2 aromatic carbocycles. The molecule has 0 spiro atoms. The molecule has 1 amide bonds. The molecule has 28 heavy (non-hydrogen) atoms. The fraction of sp³-hybridized carbons (Fsp3) is 0.105. The Balaban J connectivity index is 1.46. The lowest BCUT2D eigenvalue weighted by Crippen LogP contribution is -2.25. The number of para-hydroxylation sites is 1. The fourth-order valence-electron chi connectivity index (χ4n) is 2.71. The van der Waals surface area contributed by atoms with Crippen molar-refractivity contribution < 1.29 is 9.53 Å². The molecule has 2 heterocycles. The molecule has 4 rings (SSSR count). The summed E-state index contributed by atoms with van der Waals surface area (Å²) in [5, 5.41) is 21.4. The molecule has 0 aliphatic rings. The van der Waals surface area contributed by atoms with Gasteiger partial charge in [0.25, 0.3) is 5.91 Å². The normalized spacial score (nSPS) is 10.6. The summed E-state index contributed by atoms with van der Waals surface area (Å²) in [7, 11) is 1.60. The third kappa shape index (κ3) is 3.58. The number of carbonyl (C=O) groups excluding carboxylic acids is 1. The molecule has 4 aromatic rings. The zero-order valence-corrected chi connectivity index (χ0v) is 15.0. The number of aromatic amines is 1. The van der Waals surface area contributed by atoms with Crippen molar-refractivity contribution in [2.45, 2.75) is 6.54 Å². The molecular weight excluding hydrogens is 358 g/mol. The minimum absolute atomic E-state index is 0.175. The Morgan fingerprint density at radius 1 is 1.14 bits per heavy atom. The van der Waals surface area contributed by atoms with E-state index in [1.54, 1.807) is 17.9 Å². The summed E-state index contributed by atoms with van der Waals surface area (Å²) in [6.45, 7) is 0.175. The van der Waals surface area contributed by atoms with Gasteiger partial charge < -0.3 is 10.1 Å². The Morgan fingerprint density at radius 3 is 2.82 bits per heavy atom. The lowest BCUT2D eigenvalue weighted by molar-refractivity contribution is 0.0944. The molecule has 0 radical (unpaired) electrons. The summed E-state index contributed by atoms with van der Waals surface area (Å²) in [5.41, 5.74) is 2.66. The molecule has 0 atom stereocenters. The van der Waals surface area contributed by atoms with Crippen LogP contribution in [-0.4, -0.2) is 43.4 Å². The van der Waals surface area contributed by atoms with E-state index in [1.165, 1.54) is 0 Å². The average Bonchev–Trinajstić information content (AvgIpc) is 3.42. The summed E-state index contributed by atoms with van der Waals surface area (Å²) in [6.07, 6.45) is 0. The summed E-state index contributed by atoms with van der Waals surface area (Å²) in [5.74, 6) is 0.940. The van der Waals surface area contributed by atoms with E-state index in [2.05, 4.69) is 31.0 Å². The summed E-state index contributed by atoms with van der Waals surface area (Å²) < 4.78 is 6.80. The van der Waals surface area contributed by atoms with Gasteiger partial charge in [-0.2, -0.15) is 9.78 Å². The van der Waals surface area contributed by atoms with E-state index >= 15 is 0 Å². The number of tetrazole rings is 1. The van der Waals surface area contributed by atoms with Gasteiger partial charge in [0.15, 0.2) is 5.82 Å². The first kappa shape index (κ1) is 17.4. The van der Waals surface area contributed by atoms with Crippen molar-refractivity contribution in [1.82, 2.24) is 35.7 Å². The predicted molar refractivity (Wildman–Crippen MR) is 101 cm³/mol. The SMILES string of the molecule is COc1cccc(-c2cc(C(=O)NCc3nnnn3-c3ccccc3)[nH]n2)c1. The van der Waals surface area contributed by atoms with E-state index in [9.17, 15) is 4.79 Å². The van der Waals surface area contributed by atoms with E-state index in [4.69, 9.17) is 4.74 Å². The highest BCUT2D eigenvalue weighted by atomic mass is 16.5. The molecule has 2 N–H and O–H groups in total. The van der Waals surface area contributed by atoms with Crippen LogP contribution < -0.4 is 10.1 Å². The van der Waals surface area contributed by atoms with Crippen molar-refractivity contribution >= 4 is 5.91 Å². The van der Waals surface area contributed by atoms with E-state index in [0.29, 0.717) is 17.2 Å². The first-order valence-electron chi connectivity index (χ1n) is 8.55. The number of nitrogens with zero attached hydrogens (tertiary/aromatic N) is 5. The second-order valence-electron chi connectivity index (χ2n) is 5.92. The lowest BCUT2D eigenvalue weighted by atomic mass is 10.1. The maximum absolute atomic E-state index is 12.5. The van der Waals surface area contributed by atoms with Crippen LogP contribution in [0.1, 0.15) is 16.3 Å². The van der Waals surface area contributed by atoms with Crippen molar-refractivity contribution in [3.05, 3.63) is 72.2 Å². The van der Waals surface area contributed by atoms with Crippen LogP contribution in [0.15, 0.2) is 60.7 Å². The highest BCUT2D eigenvalue weighted by molar-refractivity contribution is 5.93. The van der Waals surface area contributed by atoms with E-state index in [-0.39, 0.29) is 12.5 Å². The second kappa shape index (κ2) is 7.70. The Kier molecular flexibility index (Phi) is 4.79. The number of H-pyrrole nitrogens is 1. The maximum atomic E-state index is 12.5. The molecule has 0 bridgehead atoms. The van der Waals surface area contributed by atoms with E-state index < -0.39 is 0 Å². The van der Waals surface area contributed by atoms with Gasteiger partial charge in [-0.3, -0.25) is 9.89 Å². The van der Waals surface area contributed by atoms with Gasteiger partial charge in [0, 0.05) is 5.56 Å². The van der Waals surface area contributed by atoms with Crippen molar-refractivity contribution in [2.24, 2.45) is 0 Å². The topological polar surface area (TPSA) is 111 Å². The third-order valence-corrected chi connectivity index (χ3v) is 4.13. The molecule has 140 valence electrons. The summed E-state index contributed by atoms with van der Waals surface area (Å²) >= 11 is 0. The molecule has 9 heteroatoms. The lowest BCUT2D eigenvalue weighted by Gasteiger charge is -2.05. The number of amides is 1. The first-order valence-corrected chi connectivity index (χ1v) is 8.55. The Morgan fingerprint density at radius 2 is 2.00 bits per heavy atom. The van der Waals surface area contributed by atoms with Crippen molar-refractivity contribution in [2.75, 3.05) is 7.11 Å². The number of nitrogens with one attached hydrogen (secondary N) is 2. The Bertz CT molecular complexity index is 1090. The van der Waals surface area contributed by atoms with E-state index in [1.807, 2.05) is 54.6 Å². The van der Waals surface area contributed by atoms with Crippen LogP contribution in [0.4, 0.5) is 0 Å². The smallest absolute Gasteiger partial charge is 0.269 e. The Labute approximate surface area is 160 Å². The number of hydrogen-bond acceptors (Lipinski definition) is 6. The highest BCUT2D eigenvalue weighted by Gasteiger charge is 2.14. The zero-order valence-electron chi connectivity index (χ0n) is 15.0. The standard InChI is InChI=1S/C19H17N7O2/c1-28-15-9-5-6-13(10-15)16-11-17(22-21-16)19(27)20-12-18-23-24-25-26(18)14-7-3-2-4-8-14/h2-11H,12H2,1H3,(H,20,27)(H,21,22). The quantitative estimate of drug-likeness (QED) is 0.533. The minimum atomic E-state index is -0.302. The average molecular weight is 375 g/mol. The van der Waals surface area contributed by atoms with E-state index in [0.717, 1.165) is 17.0 Å². The largest absolute Gasteiger partial charge is 0.497 e. The van der Waals surface area contributed by atoms with Crippen LogP contribution in [0, 0.1) is 0 Å². The number of methoxy groups -OCH3 is 1. The second-order valence-corrected chi connectivity index (χ2v) is 5.92. The number of ether oxygens (including phenoxy) is 1. The summed E-state index contributed by atoms with van der Waals surface area (Å²) in [6, 6.07) is 18.6. The van der Waals surface area contributed by atoms with Crippen LogP contribution in [0.3, 0.4) is 0 Å². The number of carbonyl (C=O) groups is 1. The van der Waals surface area contributed by atoms with Gasteiger partial charge >= 0.3 is 0 Å². The van der Waals surface area contributed by atoms with Crippen LogP contribution >= 0.6 is 0 Å². The molecular formula is C19H17N7O2. The first-order chi connectivity index (χ1) is 13.7. The van der Waals surface area contributed by atoms with Crippen LogP contribution in [0.5, 0.6) is 5.75 Å².